The summed E-state index contributed by atoms with van der Waals surface area (Å²) in [5.74, 6) is -0.0752. The highest BCUT2D eigenvalue weighted by Gasteiger charge is 2.18. The quantitative estimate of drug-likeness (QED) is 0.514. The van der Waals surface area contributed by atoms with Gasteiger partial charge in [-0.3, -0.25) is 19.2 Å². The molecule has 0 atom stereocenters. The van der Waals surface area contributed by atoms with Crippen molar-refractivity contribution in [1.29, 1.82) is 0 Å². The van der Waals surface area contributed by atoms with Crippen LogP contribution in [0.25, 0.3) is 5.69 Å². The predicted molar refractivity (Wildman–Crippen MR) is 124 cm³/mol. The molecule has 2 heterocycles. The number of hydrogen-bond donors (Lipinski definition) is 2. The number of aromatic nitrogens is 4. The van der Waals surface area contributed by atoms with Crippen LogP contribution in [-0.4, -0.2) is 50.3 Å². The molecule has 0 unspecified atom stereocenters. The maximum atomic E-state index is 12.5. The molecule has 0 aliphatic heterocycles. The smallest absolute Gasteiger partial charge is 0.411 e. The number of aryl methyl sites for hydroxylation is 1. The molecule has 0 aliphatic carbocycles. The Morgan fingerprint density at radius 2 is 2.03 bits per heavy atom. The van der Waals surface area contributed by atoms with Gasteiger partial charge in [-0.2, -0.15) is 10.2 Å². The van der Waals surface area contributed by atoms with Gasteiger partial charge in [-0.15, -0.1) is 0 Å². The third-order valence-corrected chi connectivity index (χ3v) is 5.36. The Morgan fingerprint density at radius 1 is 1.24 bits per heavy atom. The second-order valence-corrected chi connectivity index (χ2v) is 7.63. The Morgan fingerprint density at radius 3 is 2.73 bits per heavy atom. The van der Waals surface area contributed by atoms with E-state index in [-0.39, 0.29) is 17.8 Å². The minimum Gasteiger partial charge on any atom is -0.465 e. The molecule has 10 heteroatoms. The van der Waals surface area contributed by atoms with Crippen LogP contribution in [0.15, 0.2) is 47.7 Å². The first-order chi connectivity index (χ1) is 15.8. The van der Waals surface area contributed by atoms with Gasteiger partial charge in [0.05, 0.1) is 18.1 Å². The van der Waals surface area contributed by atoms with E-state index < -0.39 is 6.09 Å². The van der Waals surface area contributed by atoms with Crippen molar-refractivity contribution in [3.8, 4) is 5.69 Å². The van der Waals surface area contributed by atoms with E-state index in [0.29, 0.717) is 43.0 Å². The van der Waals surface area contributed by atoms with Gasteiger partial charge in [-0.05, 0) is 30.5 Å². The molecule has 10 nitrogen and oxygen atoms in total. The van der Waals surface area contributed by atoms with E-state index >= 15 is 0 Å². The number of carboxylic acid groups (broad SMARTS) is 1. The van der Waals surface area contributed by atoms with Gasteiger partial charge in [0.15, 0.2) is 0 Å². The predicted octanol–water partition coefficient (Wildman–Crippen LogP) is 2.36. The molecule has 174 valence electrons. The molecule has 3 aromatic rings. The second-order valence-electron chi connectivity index (χ2n) is 7.63. The van der Waals surface area contributed by atoms with E-state index in [2.05, 4.69) is 15.5 Å². The molecule has 3 rings (SSSR count). The zero-order chi connectivity index (χ0) is 24.0. The number of carbonyl (C=O) groups excluding carboxylic acids is 1. The lowest BCUT2D eigenvalue weighted by atomic mass is 10.0. The second kappa shape index (κ2) is 10.6. The van der Waals surface area contributed by atoms with Gasteiger partial charge in [0.1, 0.15) is 11.4 Å². The van der Waals surface area contributed by atoms with Gasteiger partial charge in [0, 0.05) is 45.2 Å². The summed E-state index contributed by atoms with van der Waals surface area (Å²) in [5, 5.41) is 20.9. The summed E-state index contributed by atoms with van der Waals surface area (Å²) in [5.41, 5.74) is 3.04. The summed E-state index contributed by atoms with van der Waals surface area (Å²) in [6.07, 6.45) is 5.20. The first kappa shape index (κ1) is 23.7. The Labute approximate surface area is 191 Å². The van der Waals surface area contributed by atoms with Crippen molar-refractivity contribution < 1.29 is 14.7 Å². The molecule has 0 radical (unpaired) electrons. The topological polar surface area (TPSA) is 122 Å². The zero-order valence-corrected chi connectivity index (χ0v) is 19.0. The fraction of sp³-hybridized carbons (Fsp3) is 0.348. The lowest BCUT2D eigenvalue weighted by Gasteiger charge is -2.22. The maximum absolute atomic E-state index is 12.5. The summed E-state index contributed by atoms with van der Waals surface area (Å²) in [6, 6.07) is 6.89. The first-order valence-corrected chi connectivity index (χ1v) is 10.7. The molecule has 0 saturated carbocycles. The third kappa shape index (κ3) is 5.65. The molecule has 0 aliphatic rings. The molecule has 33 heavy (non-hydrogen) atoms. The Bertz CT molecular complexity index is 1200. The highest BCUT2D eigenvalue weighted by Crippen LogP contribution is 2.25. The minimum atomic E-state index is -1.01. The van der Waals surface area contributed by atoms with Gasteiger partial charge < -0.3 is 10.4 Å². The normalized spacial score (nSPS) is 10.8. The van der Waals surface area contributed by atoms with Gasteiger partial charge in [-0.25, -0.2) is 9.48 Å². The van der Waals surface area contributed by atoms with Crippen molar-refractivity contribution in [3.05, 3.63) is 69.9 Å². The van der Waals surface area contributed by atoms with Crippen molar-refractivity contribution in [2.75, 3.05) is 18.5 Å². The molecule has 0 saturated heterocycles. The zero-order valence-electron chi connectivity index (χ0n) is 19.0. The van der Waals surface area contributed by atoms with E-state index in [4.69, 9.17) is 0 Å². The van der Waals surface area contributed by atoms with E-state index in [1.165, 1.54) is 11.0 Å². The van der Waals surface area contributed by atoms with E-state index in [1.54, 1.807) is 47.1 Å². The lowest BCUT2D eigenvalue weighted by Crippen LogP contribution is -2.30. The SMILES string of the molecule is CCCN(C(=O)O)c1cccc(Cc2nn(-c3cnn(CCC(=O)NC)c3)ccc2=O)c1C. The molecule has 0 bridgehead atoms. The number of rotatable bonds is 9. The van der Waals surface area contributed by atoms with Crippen LogP contribution in [0, 0.1) is 6.92 Å². The summed E-state index contributed by atoms with van der Waals surface area (Å²) < 4.78 is 3.21. The average molecular weight is 453 g/mol. The highest BCUT2D eigenvalue weighted by atomic mass is 16.4. The standard InChI is InChI=1S/C23H28N6O4/c1-4-10-28(23(32)33)20-7-5-6-17(16(20)2)13-19-21(30)8-12-29(26-19)18-14-25-27(15-18)11-9-22(31)24-3/h5-8,12,14-15H,4,9-11,13H2,1-3H3,(H,24,31)(H,32,33). The van der Waals surface area contributed by atoms with Crippen molar-refractivity contribution in [3.63, 3.8) is 0 Å². The summed E-state index contributed by atoms with van der Waals surface area (Å²) in [4.78, 5) is 37.0. The van der Waals surface area contributed by atoms with Crippen LogP contribution in [0.5, 0.6) is 0 Å². The molecule has 0 fully saturated rings. The fourth-order valence-corrected chi connectivity index (χ4v) is 3.52. The summed E-state index contributed by atoms with van der Waals surface area (Å²) in [7, 11) is 1.59. The lowest BCUT2D eigenvalue weighted by molar-refractivity contribution is -0.120. The molecule has 2 aromatic heterocycles. The highest BCUT2D eigenvalue weighted by molar-refractivity contribution is 5.87. The van der Waals surface area contributed by atoms with Gasteiger partial charge >= 0.3 is 6.09 Å². The number of benzene rings is 1. The van der Waals surface area contributed by atoms with Crippen LogP contribution in [-0.2, 0) is 17.8 Å². The molecule has 2 amide bonds. The van der Waals surface area contributed by atoms with Gasteiger partial charge in [-0.1, -0.05) is 19.1 Å². The molecule has 2 N–H and O–H groups in total. The van der Waals surface area contributed by atoms with Crippen molar-refractivity contribution in [1.82, 2.24) is 24.9 Å². The average Bonchev–Trinajstić information content (AvgIpc) is 3.27. The molecule has 1 aromatic carbocycles. The maximum Gasteiger partial charge on any atom is 0.411 e. The Hall–Kier alpha value is -3.95. The van der Waals surface area contributed by atoms with Crippen LogP contribution in [0.2, 0.25) is 0 Å². The summed E-state index contributed by atoms with van der Waals surface area (Å²) >= 11 is 0. The number of hydrogen-bond acceptors (Lipinski definition) is 5. The first-order valence-electron chi connectivity index (χ1n) is 10.7. The van der Waals surface area contributed by atoms with Crippen LogP contribution in [0.1, 0.15) is 36.6 Å². The number of nitrogens with zero attached hydrogens (tertiary/aromatic N) is 5. The number of anilines is 1. The Kier molecular flexibility index (Phi) is 7.60. The molecular weight excluding hydrogens is 424 g/mol. The number of carbonyl (C=O) groups is 2. The van der Waals surface area contributed by atoms with Crippen LogP contribution < -0.4 is 15.6 Å². The Balaban J connectivity index is 1.86. The molecule has 0 spiro atoms. The largest absolute Gasteiger partial charge is 0.465 e. The van der Waals surface area contributed by atoms with Crippen LogP contribution in [0.4, 0.5) is 10.5 Å². The van der Waals surface area contributed by atoms with Crippen LogP contribution in [0.3, 0.4) is 0 Å². The number of nitrogens with one attached hydrogen (secondary N) is 1. The monoisotopic (exact) mass is 452 g/mol. The van der Waals surface area contributed by atoms with Gasteiger partial charge in [0.25, 0.3) is 0 Å². The van der Waals surface area contributed by atoms with Crippen LogP contribution >= 0.6 is 0 Å². The van der Waals surface area contributed by atoms with E-state index in [0.717, 1.165) is 11.1 Å². The third-order valence-electron chi connectivity index (χ3n) is 5.36. The van der Waals surface area contributed by atoms with Crippen molar-refractivity contribution in [2.24, 2.45) is 0 Å². The van der Waals surface area contributed by atoms with Crippen molar-refractivity contribution >= 4 is 17.7 Å². The van der Waals surface area contributed by atoms with E-state index in [9.17, 15) is 19.5 Å². The number of amides is 2. The summed E-state index contributed by atoms with van der Waals surface area (Å²) in [6.45, 7) is 4.59. The van der Waals surface area contributed by atoms with E-state index in [1.807, 2.05) is 19.9 Å². The van der Waals surface area contributed by atoms with Gasteiger partial charge in [0.2, 0.25) is 11.3 Å². The molecular formula is C23H28N6O4. The minimum absolute atomic E-state index is 0.0752. The fourth-order valence-electron chi connectivity index (χ4n) is 3.52. The van der Waals surface area contributed by atoms with Crippen molar-refractivity contribution in [2.45, 2.75) is 39.7 Å².